The predicted octanol–water partition coefficient (Wildman–Crippen LogP) is 2.86. The summed E-state index contributed by atoms with van der Waals surface area (Å²) in [6, 6.07) is 4.90. The minimum Gasteiger partial charge on any atom is -0.406 e. The van der Waals surface area contributed by atoms with Crippen molar-refractivity contribution in [2.24, 2.45) is 0 Å². The topological polar surface area (TPSA) is 29.5 Å². The number of ether oxygens (including phenoxy) is 1. The highest BCUT2D eigenvalue weighted by atomic mass is 35.5. The van der Waals surface area contributed by atoms with Gasteiger partial charge in [0.1, 0.15) is 5.75 Å². The second kappa shape index (κ2) is 4.72. The molecule has 0 amide bonds. The van der Waals surface area contributed by atoms with Crippen molar-refractivity contribution in [3.8, 4) is 5.75 Å². The Labute approximate surface area is 89.2 Å². The summed E-state index contributed by atoms with van der Waals surface area (Å²) in [6.07, 6.45) is -5.58. The first-order chi connectivity index (χ1) is 6.92. The lowest BCUT2D eigenvalue weighted by Gasteiger charge is -2.10. The Morgan fingerprint density at radius 1 is 1.27 bits per heavy atom. The van der Waals surface area contributed by atoms with Crippen LogP contribution < -0.4 is 4.74 Å². The quantitative estimate of drug-likeness (QED) is 0.824. The van der Waals surface area contributed by atoms with E-state index in [9.17, 15) is 18.3 Å². The Bertz CT molecular complexity index is 310. The van der Waals surface area contributed by atoms with E-state index in [1.165, 1.54) is 12.1 Å². The molecule has 0 heterocycles. The van der Waals surface area contributed by atoms with E-state index in [1.54, 1.807) is 0 Å². The number of halogens is 4. The summed E-state index contributed by atoms with van der Waals surface area (Å²) in [4.78, 5) is 0. The fourth-order valence-corrected chi connectivity index (χ4v) is 1.16. The summed E-state index contributed by atoms with van der Waals surface area (Å²) in [7, 11) is 0. The molecule has 0 radical (unpaired) electrons. The Hall–Kier alpha value is -0.940. The molecule has 0 spiro atoms. The predicted molar refractivity (Wildman–Crippen MR) is 48.8 cm³/mol. The minimum atomic E-state index is -4.70. The van der Waals surface area contributed by atoms with Crippen LogP contribution in [-0.2, 0) is 0 Å². The van der Waals surface area contributed by atoms with E-state index in [2.05, 4.69) is 4.74 Å². The molecule has 2 nitrogen and oxygen atoms in total. The molecule has 84 valence electrons. The first-order valence-electron chi connectivity index (χ1n) is 4.02. The Morgan fingerprint density at radius 2 is 1.80 bits per heavy atom. The number of hydrogen-bond donors (Lipinski definition) is 1. The molecule has 1 rings (SSSR count). The summed E-state index contributed by atoms with van der Waals surface area (Å²) < 4.78 is 39.0. The maximum atomic E-state index is 11.8. The molecule has 0 unspecified atom stereocenters. The highest BCUT2D eigenvalue weighted by Gasteiger charge is 2.30. The van der Waals surface area contributed by atoms with Gasteiger partial charge in [-0.3, -0.25) is 0 Å². The van der Waals surface area contributed by atoms with Gasteiger partial charge in [-0.15, -0.1) is 24.8 Å². The molecule has 1 aromatic rings. The second-order valence-corrected chi connectivity index (χ2v) is 3.10. The molecule has 1 aromatic carbocycles. The zero-order valence-electron chi connectivity index (χ0n) is 7.46. The van der Waals surface area contributed by atoms with Crippen molar-refractivity contribution in [2.45, 2.75) is 12.5 Å². The van der Waals surface area contributed by atoms with Crippen LogP contribution in [0.25, 0.3) is 0 Å². The maximum Gasteiger partial charge on any atom is 0.573 e. The van der Waals surface area contributed by atoms with Crippen LogP contribution in [-0.4, -0.2) is 17.3 Å². The number of aliphatic hydroxyl groups excluding tert-OH is 1. The first-order valence-corrected chi connectivity index (χ1v) is 4.55. The molecule has 15 heavy (non-hydrogen) atoms. The van der Waals surface area contributed by atoms with Crippen molar-refractivity contribution in [2.75, 3.05) is 5.88 Å². The Balaban J connectivity index is 2.72. The molecule has 6 heteroatoms. The SMILES string of the molecule is O[C@@H](CCl)c1ccc(OC(F)(F)F)cc1. The van der Waals surface area contributed by atoms with Gasteiger partial charge >= 0.3 is 6.36 Å². The molecule has 0 bridgehead atoms. The fraction of sp³-hybridized carbons (Fsp3) is 0.333. The highest BCUT2D eigenvalue weighted by Crippen LogP contribution is 2.24. The van der Waals surface area contributed by atoms with Crippen LogP contribution in [0.1, 0.15) is 11.7 Å². The Kier molecular flexibility index (Phi) is 3.82. The van der Waals surface area contributed by atoms with E-state index < -0.39 is 12.5 Å². The number of hydrogen-bond acceptors (Lipinski definition) is 2. The average molecular weight is 241 g/mol. The van der Waals surface area contributed by atoms with Gasteiger partial charge in [-0.2, -0.15) is 0 Å². The zero-order valence-corrected chi connectivity index (χ0v) is 8.22. The zero-order chi connectivity index (χ0) is 11.5. The monoisotopic (exact) mass is 240 g/mol. The molecular formula is C9H8ClF3O2. The van der Waals surface area contributed by atoms with E-state index in [4.69, 9.17) is 11.6 Å². The lowest BCUT2D eigenvalue weighted by Crippen LogP contribution is -2.17. The van der Waals surface area contributed by atoms with Crippen molar-refractivity contribution in [3.63, 3.8) is 0 Å². The largest absolute Gasteiger partial charge is 0.573 e. The number of alkyl halides is 4. The maximum absolute atomic E-state index is 11.8. The number of aliphatic hydroxyl groups is 1. The van der Waals surface area contributed by atoms with Gasteiger partial charge in [0.2, 0.25) is 0 Å². The fourth-order valence-electron chi connectivity index (χ4n) is 0.981. The summed E-state index contributed by atoms with van der Waals surface area (Å²) in [5.74, 6) is -0.340. The van der Waals surface area contributed by atoms with Crippen LogP contribution in [0.5, 0.6) is 5.75 Å². The van der Waals surface area contributed by atoms with Crippen LogP contribution in [0.4, 0.5) is 13.2 Å². The minimum absolute atomic E-state index is 0.0144. The summed E-state index contributed by atoms with van der Waals surface area (Å²) in [5, 5.41) is 9.26. The second-order valence-electron chi connectivity index (χ2n) is 2.79. The standard InChI is InChI=1S/C9H8ClF3O2/c10-5-8(14)6-1-3-7(4-2-6)15-9(11,12)13/h1-4,8,14H,5H2/t8-/m0/s1. The van der Waals surface area contributed by atoms with Gasteiger partial charge in [0, 0.05) is 0 Å². The molecule has 0 aliphatic rings. The van der Waals surface area contributed by atoms with Gasteiger partial charge in [0.05, 0.1) is 12.0 Å². The smallest absolute Gasteiger partial charge is 0.406 e. The molecule has 0 fully saturated rings. The molecule has 1 atom stereocenters. The Morgan fingerprint density at radius 3 is 2.20 bits per heavy atom. The van der Waals surface area contributed by atoms with Gasteiger partial charge in [0.25, 0.3) is 0 Å². The molecule has 0 saturated heterocycles. The van der Waals surface area contributed by atoms with Crippen LogP contribution in [0.3, 0.4) is 0 Å². The number of benzene rings is 1. The van der Waals surface area contributed by atoms with Gasteiger partial charge in [-0.25, -0.2) is 0 Å². The summed E-state index contributed by atoms with van der Waals surface area (Å²) in [6.45, 7) is 0. The lowest BCUT2D eigenvalue weighted by atomic mass is 10.1. The van der Waals surface area contributed by atoms with Gasteiger partial charge in [-0.05, 0) is 17.7 Å². The summed E-state index contributed by atoms with van der Waals surface area (Å²) in [5.41, 5.74) is 0.444. The normalized spacial score (nSPS) is 13.7. The van der Waals surface area contributed by atoms with Crippen LogP contribution in [0.2, 0.25) is 0 Å². The number of rotatable bonds is 3. The third kappa shape index (κ3) is 3.97. The molecular weight excluding hydrogens is 233 g/mol. The van der Waals surface area contributed by atoms with Crippen molar-refractivity contribution in [3.05, 3.63) is 29.8 Å². The van der Waals surface area contributed by atoms with E-state index in [0.29, 0.717) is 5.56 Å². The molecule has 0 aliphatic heterocycles. The van der Waals surface area contributed by atoms with Crippen molar-refractivity contribution >= 4 is 11.6 Å². The molecule has 0 aromatic heterocycles. The van der Waals surface area contributed by atoms with Gasteiger partial charge in [-0.1, -0.05) is 12.1 Å². The van der Waals surface area contributed by atoms with E-state index in [1.807, 2.05) is 0 Å². The van der Waals surface area contributed by atoms with Gasteiger partial charge < -0.3 is 9.84 Å². The highest BCUT2D eigenvalue weighted by molar-refractivity contribution is 6.18. The molecule has 0 saturated carbocycles. The van der Waals surface area contributed by atoms with Crippen molar-refractivity contribution < 1.29 is 23.0 Å². The van der Waals surface area contributed by atoms with Crippen LogP contribution >= 0.6 is 11.6 Å². The van der Waals surface area contributed by atoms with Crippen LogP contribution in [0, 0.1) is 0 Å². The van der Waals surface area contributed by atoms with Crippen molar-refractivity contribution in [1.82, 2.24) is 0 Å². The van der Waals surface area contributed by atoms with E-state index >= 15 is 0 Å². The average Bonchev–Trinajstić information content (AvgIpc) is 2.15. The lowest BCUT2D eigenvalue weighted by molar-refractivity contribution is -0.274. The van der Waals surface area contributed by atoms with E-state index in [-0.39, 0.29) is 11.6 Å². The van der Waals surface area contributed by atoms with Crippen molar-refractivity contribution in [1.29, 1.82) is 0 Å². The first kappa shape index (κ1) is 12.1. The third-order valence-corrected chi connectivity index (χ3v) is 1.94. The third-order valence-electron chi connectivity index (χ3n) is 1.64. The van der Waals surface area contributed by atoms with Gasteiger partial charge in [0.15, 0.2) is 0 Å². The molecule has 1 N–H and O–H groups in total. The van der Waals surface area contributed by atoms with Crippen LogP contribution in [0.15, 0.2) is 24.3 Å². The molecule has 0 aliphatic carbocycles. The summed E-state index contributed by atoms with van der Waals surface area (Å²) >= 11 is 5.37. The van der Waals surface area contributed by atoms with E-state index in [0.717, 1.165) is 12.1 Å².